The van der Waals surface area contributed by atoms with Crippen molar-refractivity contribution in [1.82, 2.24) is 10.2 Å². The number of nitrogens with zero attached hydrogens (tertiary/aromatic N) is 1. The fraction of sp³-hybridized carbons (Fsp3) is 0.917. The van der Waals surface area contributed by atoms with E-state index in [4.69, 9.17) is 4.74 Å². The third-order valence-electron chi connectivity index (χ3n) is 3.25. The molecule has 1 N–H and O–H groups in total. The minimum absolute atomic E-state index is 0.0354. The first-order chi connectivity index (χ1) is 7.63. The van der Waals surface area contributed by atoms with Gasteiger partial charge in [0.1, 0.15) is 0 Å². The van der Waals surface area contributed by atoms with Gasteiger partial charge in [-0.05, 0) is 39.8 Å². The molecule has 0 aliphatic heterocycles. The molecule has 1 aliphatic carbocycles. The van der Waals surface area contributed by atoms with Crippen LogP contribution in [0.5, 0.6) is 0 Å². The molecule has 0 unspecified atom stereocenters. The van der Waals surface area contributed by atoms with E-state index in [0.29, 0.717) is 6.04 Å². The van der Waals surface area contributed by atoms with Gasteiger partial charge in [-0.3, -0.25) is 4.79 Å². The topological polar surface area (TPSA) is 41.6 Å². The van der Waals surface area contributed by atoms with Crippen molar-refractivity contribution in [1.29, 1.82) is 0 Å². The van der Waals surface area contributed by atoms with E-state index in [0.717, 1.165) is 38.8 Å². The summed E-state index contributed by atoms with van der Waals surface area (Å²) in [6, 6.07) is 0.584. The lowest BCUT2D eigenvalue weighted by Crippen LogP contribution is -2.38. The lowest BCUT2D eigenvalue weighted by molar-refractivity contribution is -0.146. The van der Waals surface area contributed by atoms with Gasteiger partial charge in [0.2, 0.25) is 0 Å². The van der Waals surface area contributed by atoms with Gasteiger partial charge in [0.15, 0.2) is 0 Å². The Balaban J connectivity index is 2.14. The standard InChI is InChI=1S/C12H24N2O2/c1-14(2)9-8-13-11-6-4-10(5-7-11)12(15)16-3/h10-11,13H,4-9H2,1-3H3. The molecule has 0 saturated heterocycles. The van der Waals surface area contributed by atoms with E-state index in [1.54, 1.807) is 0 Å². The number of likely N-dealkylation sites (N-methyl/N-ethyl adjacent to an activating group) is 1. The van der Waals surface area contributed by atoms with E-state index >= 15 is 0 Å². The fourth-order valence-electron chi connectivity index (χ4n) is 2.19. The zero-order valence-electron chi connectivity index (χ0n) is 10.7. The van der Waals surface area contributed by atoms with Crippen LogP contribution < -0.4 is 5.32 Å². The van der Waals surface area contributed by atoms with Gasteiger partial charge < -0.3 is 15.0 Å². The second-order valence-corrected chi connectivity index (χ2v) is 4.83. The quantitative estimate of drug-likeness (QED) is 0.709. The highest BCUT2D eigenvalue weighted by Gasteiger charge is 2.26. The maximum Gasteiger partial charge on any atom is 0.308 e. The predicted octanol–water partition coefficient (Wildman–Crippen LogP) is 0.869. The Morgan fingerprint density at radius 2 is 1.94 bits per heavy atom. The van der Waals surface area contributed by atoms with E-state index < -0.39 is 0 Å². The predicted molar refractivity (Wildman–Crippen MR) is 64.3 cm³/mol. The van der Waals surface area contributed by atoms with E-state index in [1.165, 1.54) is 7.11 Å². The first-order valence-corrected chi connectivity index (χ1v) is 6.09. The molecule has 94 valence electrons. The van der Waals surface area contributed by atoms with Crippen LogP contribution >= 0.6 is 0 Å². The van der Waals surface area contributed by atoms with E-state index in [9.17, 15) is 4.79 Å². The number of hydrogen-bond donors (Lipinski definition) is 1. The first kappa shape index (κ1) is 13.5. The molecule has 0 aromatic rings. The van der Waals surface area contributed by atoms with Crippen LogP contribution in [0.4, 0.5) is 0 Å². The normalized spacial score (nSPS) is 25.8. The smallest absolute Gasteiger partial charge is 0.308 e. The zero-order chi connectivity index (χ0) is 12.0. The summed E-state index contributed by atoms with van der Waals surface area (Å²) in [6.45, 7) is 2.09. The average Bonchev–Trinajstić information content (AvgIpc) is 2.28. The molecule has 1 aliphatic rings. The van der Waals surface area contributed by atoms with Crippen molar-refractivity contribution in [2.24, 2.45) is 5.92 Å². The summed E-state index contributed by atoms with van der Waals surface area (Å²) < 4.78 is 4.77. The van der Waals surface area contributed by atoms with Gasteiger partial charge in [-0.2, -0.15) is 0 Å². The van der Waals surface area contributed by atoms with Gasteiger partial charge in [0.25, 0.3) is 0 Å². The summed E-state index contributed by atoms with van der Waals surface area (Å²) >= 11 is 0. The van der Waals surface area contributed by atoms with Crippen LogP contribution in [0.2, 0.25) is 0 Å². The van der Waals surface area contributed by atoms with Gasteiger partial charge >= 0.3 is 5.97 Å². The van der Waals surface area contributed by atoms with Crippen LogP contribution in [0.3, 0.4) is 0 Å². The minimum atomic E-state index is -0.0354. The molecule has 0 heterocycles. The Kier molecular flexibility index (Phi) is 5.77. The van der Waals surface area contributed by atoms with Crippen LogP contribution in [0, 0.1) is 5.92 Å². The Labute approximate surface area is 98.3 Å². The first-order valence-electron chi connectivity index (χ1n) is 6.09. The lowest BCUT2D eigenvalue weighted by Gasteiger charge is -2.28. The third kappa shape index (κ3) is 4.49. The van der Waals surface area contributed by atoms with Crippen molar-refractivity contribution >= 4 is 5.97 Å². The van der Waals surface area contributed by atoms with Crippen LogP contribution in [0.1, 0.15) is 25.7 Å². The summed E-state index contributed by atoms with van der Waals surface area (Å²) in [6.07, 6.45) is 4.11. The highest BCUT2D eigenvalue weighted by molar-refractivity contribution is 5.72. The molecule has 0 amide bonds. The van der Waals surface area contributed by atoms with Crippen LogP contribution in [0.25, 0.3) is 0 Å². The maximum atomic E-state index is 11.3. The monoisotopic (exact) mass is 228 g/mol. The fourth-order valence-corrected chi connectivity index (χ4v) is 2.19. The highest BCUT2D eigenvalue weighted by Crippen LogP contribution is 2.24. The number of carbonyl (C=O) groups excluding carboxylic acids is 1. The van der Waals surface area contributed by atoms with Crippen molar-refractivity contribution in [3.05, 3.63) is 0 Å². The van der Waals surface area contributed by atoms with E-state index in [2.05, 4.69) is 24.3 Å². The maximum absolute atomic E-state index is 11.3. The Morgan fingerprint density at radius 1 is 1.31 bits per heavy atom. The molecule has 1 fully saturated rings. The number of rotatable bonds is 5. The van der Waals surface area contributed by atoms with E-state index in [-0.39, 0.29) is 11.9 Å². The summed E-state index contributed by atoms with van der Waals surface area (Å²) in [5.74, 6) is 0.101. The summed E-state index contributed by atoms with van der Waals surface area (Å²) in [4.78, 5) is 13.5. The van der Waals surface area contributed by atoms with Crippen molar-refractivity contribution in [2.75, 3.05) is 34.3 Å². The van der Waals surface area contributed by atoms with Gasteiger partial charge in [0, 0.05) is 19.1 Å². The number of nitrogens with one attached hydrogen (secondary N) is 1. The van der Waals surface area contributed by atoms with Gasteiger partial charge in [-0.1, -0.05) is 0 Å². The summed E-state index contributed by atoms with van der Waals surface area (Å²) in [5, 5.41) is 3.54. The van der Waals surface area contributed by atoms with Crippen molar-refractivity contribution in [3.63, 3.8) is 0 Å². The largest absolute Gasteiger partial charge is 0.469 e. The molecule has 0 spiro atoms. The number of esters is 1. The lowest BCUT2D eigenvalue weighted by atomic mass is 9.86. The minimum Gasteiger partial charge on any atom is -0.469 e. The molecule has 1 rings (SSSR count). The third-order valence-corrected chi connectivity index (χ3v) is 3.25. The van der Waals surface area contributed by atoms with Crippen molar-refractivity contribution in [2.45, 2.75) is 31.7 Å². The van der Waals surface area contributed by atoms with Gasteiger partial charge in [-0.15, -0.1) is 0 Å². The molecular weight excluding hydrogens is 204 g/mol. The number of methoxy groups -OCH3 is 1. The summed E-state index contributed by atoms with van der Waals surface area (Å²) in [5.41, 5.74) is 0. The molecule has 4 heteroatoms. The Morgan fingerprint density at radius 3 is 2.44 bits per heavy atom. The average molecular weight is 228 g/mol. The molecular formula is C12H24N2O2. The second-order valence-electron chi connectivity index (χ2n) is 4.83. The molecule has 0 aromatic carbocycles. The Hall–Kier alpha value is -0.610. The Bertz CT molecular complexity index is 211. The van der Waals surface area contributed by atoms with Crippen LogP contribution in [-0.4, -0.2) is 51.2 Å². The molecule has 0 radical (unpaired) electrons. The number of ether oxygens (including phenoxy) is 1. The van der Waals surface area contributed by atoms with Crippen molar-refractivity contribution < 1.29 is 9.53 Å². The number of carbonyl (C=O) groups is 1. The molecule has 0 bridgehead atoms. The molecule has 16 heavy (non-hydrogen) atoms. The molecule has 1 saturated carbocycles. The number of hydrogen-bond acceptors (Lipinski definition) is 4. The second kappa shape index (κ2) is 6.86. The van der Waals surface area contributed by atoms with Gasteiger partial charge in [0.05, 0.1) is 13.0 Å². The van der Waals surface area contributed by atoms with Crippen molar-refractivity contribution in [3.8, 4) is 0 Å². The van der Waals surface area contributed by atoms with Gasteiger partial charge in [-0.25, -0.2) is 0 Å². The molecule has 0 atom stereocenters. The molecule has 0 aromatic heterocycles. The van der Waals surface area contributed by atoms with E-state index in [1.807, 2.05) is 0 Å². The highest BCUT2D eigenvalue weighted by atomic mass is 16.5. The zero-order valence-corrected chi connectivity index (χ0v) is 10.7. The van der Waals surface area contributed by atoms with Crippen LogP contribution in [0.15, 0.2) is 0 Å². The SMILES string of the molecule is COC(=O)C1CCC(NCCN(C)C)CC1. The summed E-state index contributed by atoms with van der Waals surface area (Å²) in [7, 11) is 5.63. The van der Waals surface area contributed by atoms with Crippen LogP contribution in [-0.2, 0) is 9.53 Å². The molecule has 4 nitrogen and oxygen atoms in total.